The average Bonchev–Trinajstić information content (AvgIpc) is 2.70. The van der Waals surface area contributed by atoms with Crippen molar-refractivity contribution in [3.8, 4) is 0 Å². The normalized spacial score (nSPS) is 23.0. The van der Waals surface area contributed by atoms with Gasteiger partial charge >= 0.3 is 0 Å². The van der Waals surface area contributed by atoms with Gasteiger partial charge in [0.05, 0.1) is 11.3 Å². The van der Waals surface area contributed by atoms with Gasteiger partial charge in [-0.2, -0.15) is 0 Å². The summed E-state index contributed by atoms with van der Waals surface area (Å²) in [4.78, 5) is 11.4. The molecule has 1 fully saturated rings. The molecule has 16 heavy (non-hydrogen) atoms. The van der Waals surface area contributed by atoms with Crippen LogP contribution < -0.4 is 15.4 Å². The average molecular weight is 249 g/mol. The van der Waals surface area contributed by atoms with Crippen LogP contribution in [0.25, 0.3) is 0 Å². The Balaban J connectivity index is 2.54. The van der Waals surface area contributed by atoms with E-state index in [9.17, 15) is 13.2 Å². The van der Waals surface area contributed by atoms with Gasteiger partial charge in [0.25, 0.3) is 0 Å². The van der Waals surface area contributed by atoms with Gasteiger partial charge < -0.3 is 10.6 Å². The Morgan fingerprint density at radius 3 is 2.75 bits per heavy atom. The number of carbonyl (C=O) groups excluding carboxylic acids is 1. The molecule has 7 heteroatoms. The minimum Gasteiger partial charge on any atom is -0.355 e. The van der Waals surface area contributed by atoms with E-state index in [2.05, 4.69) is 15.4 Å². The SMILES string of the molecule is CCNC(=O)C(C)NS(=O)(=O)C1CCNC1. The van der Waals surface area contributed by atoms with E-state index < -0.39 is 21.3 Å². The maximum atomic E-state index is 11.8. The Kier molecular flexibility index (Phi) is 4.69. The summed E-state index contributed by atoms with van der Waals surface area (Å²) < 4.78 is 26.0. The first-order chi connectivity index (χ1) is 7.47. The van der Waals surface area contributed by atoms with Gasteiger partial charge in [0.1, 0.15) is 0 Å². The first-order valence-electron chi connectivity index (χ1n) is 5.47. The minimum atomic E-state index is -3.40. The van der Waals surface area contributed by atoms with Crippen molar-refractivity contribution in [2.24, 2.45) is 0 Å². The van der Waals surface area contributed by atoms with Gasteiger partial charge in [-0.05, 0) is 26.8 Å². The molecule has 0 bridgehead atoms. The van der Waals surface area contributed by atoms with Crippen molar-refractivity contribution in [3.05, 3.63) is 0 Å². The summed E-state index contributed by atoms with van der Waals surface area (Å²) in [6, 6.07) is -0.717. The summed E-state index contributed by atoms with van der Waals surface area (Å²) in [6.45, 7) is 5.00. The molecule has 94 valence electrons. The van der Waals surface area contributed by atoms with Crippen LogP contribution in [-0.2, 0) is 14.8 Å². The Hall–Kier alpha value is -0.660. The highest BCUT2D eigenvalue weighted by Gasteiger charge is 2.30. The molecule has 0 aliphatic carbocycles. The largest absolute Gasteiger partial charge is 0.355 e. The van der Waals surface area contributed by atoms with Gasteiger partial charge in [0.15, 0.2) is 0 Å². The summed E-state index contributed by atoms with van der Waals surface area (Å²) in [5.74, 6) is -0.294. The van der Waals surface area contributed by atoms with E-state index in [0.717, 1.165) is 0 Å². The monoisotopic (exact) mass is 249 g/mol. The molecule has 0 aromatic rings. The molecule has 0 aromatic carbocycles. The number of carbonyl (C=O) groups is 1. The molecule has 1 rings (SSSR count). The van der Waals surface area contributed by atoms with Crippen LogP contribution in [0.2, 0.25) is 0 Å². The number of sulfonamides is 1. The van der Waals surface area contributed by atoms with Crippen molar-refractivity contribution < 1.29 is 13.2 Å². The Bertz CT molecular complexity index is 336. The number of nitrogens with one attached hydrogen (secondary N) is 3. The first kappa shape index (κ1) is 13.4. The molecular weight excluding hydrogens is 230 g/mol. The van der Waals surface area contributed by atoms with E-state index in [1.807, 2.05) is 0 Å². The second-order valence-corrected chi connectivity index (χ2v) is 5.89. The molecule has 0 radical (unpaired) electrons. The van der Waals surface area contributed by atoms with Gasteiger partial charge in [-0.25, -0.2) is 13.1 Å². The molecule has 1 amide bonds. The van der Waals surface area contributed by atoms with Crippen molar-refractivity contribution in [2.75, 3.05) is 19.6 Å². The number of hydrogen-bond donors (Lipinski definition) is 3. The topological polar surface area (TPSA) is 87.3 Å². The molecule has 6 nitrogen and oxygen atoms in total. The second-order valence-electron chi connectivity index (χ2n) is 3.89. The van der Waals surface area contributed by atoms with Crippen LogP contribution in [0.15, 0.2) is 0 Å². The van der Waals surface area contributed by atoms with E-state index >= 15 is 0 Å². The molecular formula is C9H19N3O3S. The number of rotatable bonds is 5. The fraction of sp³-hybridized carbons (Fsp3) is 0.889. The molecule has 1 aliphatic heterocycles. The van der Waals surface area contributed by atoms with Crippen molar-refractivity contribution in [1.29, 1.82) is 0 Å². The third kappa shape index (κ3) is 3.43. The van der Waals surface area contributed by atoms with Gasteiger partial charge in [0, 0.05) is 13.1 Å². The van der Waals surface area contributed by atoms with Gasteiger partial charge in [0.2, 0.25) is 15.9 Å². The van der Waals surface area contributed by atoms with Gasteiger partial charge in [-0.1, -0.05) is 0 Å². The lowest BCUT2D eigenvalue weighted by atomic mass is 10.3. The zero-order valence-electron chi connectivity index (χ0n) is 9.62. The Labute approximate surface area is 96.2 Å². The molecule has 0 aromatic heterocycles. The predicted octanol–water partition coefficient (Wildman–Crippen LogP) is -1.21. The molecule has 2 atom stereocenters. The second kappa shape index (κ2) is 5.60. The Morgan fingerprint density at radius 2 is 2.25 bits per heavy atom. The van der Waals surface area contributed by atoms with Crippen LogP contribution in [0, 0.1) is 0 Å². The zero-order chi connectivity index (χ0) is 12.2. The van der Waals surface area contributed by atoms with E-state index in [4.69, 9.17) is 0 Å². The smallest absolute Gasteiger partial charge is 0.237 e. The van der Waals surface area contributed by atoms with E-state index in [1.54, 1.807) is 13.8 Å². The van der Waals surface area contributed by atoms with Gasteiger partial charge in [-0.3, -0.25) is 4.79 Å². The van der Waals surface area contributed by atoms with Crippen LogP contribution in [0.5, 0.6) is 0 Å². The summed E-state index contributed by atoms with van der Waals surface area (Å²) in [6.07, 6.45) is 0.595. The highest BCUT2D eigenvalue weighted by Crippen LogP contribution is 2.08. The fourth-order valence-electron chi connectivity index (χ4n) is 1.62. The molecule has 0 saturated carbocycles. The molecule has 1 heterocycles. The first-order valence-corrected chi connectivity index (χ1v) is 7.01. The lowest BCUT2D eigenvalue weighted by Gasteiger charge is -2.16. The van der Waals surface area contributed by atoms with Crippen molar-refractivity contribution in [3.63, 3.8) is 0 Å². The minimum absolute atomic E-state index is 0.294. The molecule has 2 unspecified atom stereocenters. The van der Waals surface area contributed by atoms with Crippen LogP contribution in [0.1, 0.15) is 20.3 Å². The Morgan fingerprint density at radius 1 is 1.56 bits per heavy atom. The third-order valence-electron chi connectivity index (χ3n) is 2.54. The molecule has 1 aliphatic rings. The van der Waals surface area contributed by atoms with E-state index in [0.29, 0.717) is 26.1 Å². The highest BCUT2D eigenvalue weighted by atomic mass is 32.2. The number of likely N-dealkylation sites (N-methyl/N-ethyl adjacent to an activating group) is 1. The highest BCUT2D eigenvalue weighted by molar-refractivity contribution is 7.90. The summed E-state index contributed by atoms with van der Waals surface area (Å²) in [7, 11) is -3.40. The predicted molar refractivity (Wildman–Crippen MR) is 61.5 cm³/mol. The number of hydrogen-bond acceptors (Lipinski definition) is 4. The van der Waals surface area contributed by atoms with Crippen LogP contribution in [0.4, 0.5) is 0 Å². The van der Waals surface area contributed by atoms with Crippen molar-refractivity contribution in [1.82, 2.24) is 15.4 Å². The van der Waals surface area contributed by atoms with E-state index in [1.165, 1.54) is 0 Å². The molecule has 0 spiro atoms. The standard InChI is InChI=1S/C9H19N3O3S/c1-3-11-9(13)7(2)12-16(14,15)8-4-5-10-6-8/h7-8,10,12H,3-6H2,1-2H3,(H,11,13). The number of amides is 1. The third-order valence-corrected chi connectivity index (χ3v) is 4.50. The zero-order valence-corrected chi connectivity index (χ0v) is 10.4. The summed E-state index contributed by atoms with van der Waals surface area (Å²) in [5, 5.41) is 5.14. The van der Waals surface area contributed by atoms with E-state index in [-0.39, 0.29) is 5.91 Å². The molecule has 3 N–H and O–H groups in total. The van der Waals surface area contributed by atoms with Crippen LogP contribution >= 0.6 is 0 Å². The van der Waals surface area contributed by atoms with Crippen LogP contribution in [0.3, 0.4) is 0 Å². The van der Waals surface area contributed by atoms with Gasteiger partial charge in [-0.15, -0.1) is 0 Å². The lowest BCUT2D eigenvalue weighted by molar-refractivity contribution is -0.122. The maximum Gasteiger partial charge on any atom is 0.237 e. The molecule has 1 saturated heterocycles. The summed E-state index contributed by atoms with van der Waals surface area (Å²) >= 11 is 0. The lowest BCUT2D eigenvalue weighted by Crippen LogP contribution is -2.48. The quantitative estimate of drug-likeness (QED) is 0.571. The van der Waals surface area contributed by atoms with Crippen LogP contribution in [-0.4, -0.2) is 45.3 Å². The fourth-order valence-corrected chi connectivity index (χ4v) is 3.17. The van der Waals surface area contributed by atoms with Crippen molar-refractivity contribution >= 4 is 15.9 Å². The maximum absolute atomic E-state index is 11.8. The summed E-state index contributed by atoms with van der Waals surface area (Å²) in [5.41, 5.74) is 0. The van der Waals surface area contributed by atoms with Crippen molar-refractivity contribution in [2.45, 2.75) is 31.6 Å².